The number of methoxy groups -OCH3 is 1. The lowest BCUT2D eigenvalue weighted by Crippen LogP contribution is -2.25. The average Bonchev–Trinajstić information content (AvgIpc) is 3.07. The molecule has 0 saturated carbocycles. The van der Waals surface area contributed by atoms with Crippen LogP contribution in [0.25, 0.3) is 17.0 Å². The lowest BCUT2D eigenvalue weighted by molar-refractivity contribution is -0.145. The van der Waals surface area contributed by atoms with Gasteiger partial charge in [0.1, 0.15) is 12.7 Å². The summed E-state index contributed by atoms with van der Waals surface area (Å²) >= 11 is 0. The molecular formula is C23H26O6. The summed E-state index contributed by atoms with van der Waals surface area (Å²) in [7, 11) is 1.60. The van der Waals surface area contributed by atoms with Gasteiger partial charge in [-0.2, -0.15) is 0 Å². The number of benzene rings is 1. The molecule has 0 spiro atoms. The number of hydrogen-bond donors (Lipinski definition) is 0. The van der Waals surface area contributed by atoms with Crippen molar-refractivity contribution >= 4 is 29.0 Å². The molecule has 0 amide bonds. The Morgan fingerprint density at radius 3 is 2.62 bits per heavy atom. The third-order valence-electron chi connectivity index (χ3n) is 5.35. The van der Waals surface area contributed by atoms with Crippen molar-refractivity contribution in [2.75, 3.05) is 7.11 Å². The van der Waals surface area contributed by atoms with Crippen molar-refractivity contribution < 1.29 is 28.2 Å². The molecule has 29 heavy (non-hydrogen) atoms. The molecule has 0 aliphatic heterocycles. The van der Waals surface area contributed by atoms with Gasteiger partial charge < -0.3 is 18.6 Å². The van der Waals surface area contributed by atoms with E-state index in [-0.39, 0.29) is 24.5 Å². The highest BCUT2D eigenvalue weighted by molar-refractivity contribution is 5.95. The van der Waals surface area contributed by atoms with Gasteiger partial charge in [-0.1, -0.05) is 19.1 Å². The summed E-state index contributed by atoms with van der Waals surface area (Å²) in [5.74, 6) is -0.253. The zero-order valence-corrected chi connectivity index (χ0v) is 17.6. The van der Waals surface area contributed by atoms with Gasteiger partial charge in [-0.3, -0.25) is 4.79 Å². The Balaban J connectivity index is 2.20. The van der Waals surface area contributed by atoms with Crippen LogP contribution < -0.4 is 4.74 Å². The van der Waals surface area contributed by atoms with Crippen LogP contribution in [0.15, 0.2) is 28.4 Å². The highest BCUT2D eigenvalue weighted by Gasteiger charge is 2.33. The molecule has 2 aromatic rings. The smallest absolute Gasteiger partial charge is 0.333 e. The molecule has 0 saturated heterocycles. The Morgan fingerprint density at radius 1 is 1.28 bits per heavy atom. The SMILES string of the molecule is C/C=C(/C)C(=O)OCc1c2c(c(OC)c3occ(C)c13)C=C[C@H](OC(C)=O)[C@@H]2C. The number of allylic oxidation sites excluding steroid dienone is 1. The molecule has 1 heterocycles. The van der Waals surface area contributed by atoms with E-state index in [1.165, 1.54) is 6.92 Å². The Kier molecular flexibility index (Phi) is 5.82. The van der Waals surface area contributed by atoms with Gasteiger partial charge >= 0.3 is 11.9 Å². The lowest BCUT2D eigenvalue weighted by atomic mass is 9.81. The summed E-state index contributed by atoms with van der Waals surface area (Å²) in [6.45, 7) is 8.90. The average molecular weight is 398 g/mol. The van der Waals surface area contributed by atoms with E-state index in [9.17, 15) is 9.59 Å². The topological polar surface area (TPSA) is 75.0 Å². The Bertz CT molecular complexity index is 1020. The van der Waals surface area contributed by atoms with Crippen molar-refractivity contribution in [1.82, 2.24) is 0 Å². The number of aryl methyl sites for hydroxylation is 1. The molecule has 1 aliphatic carbocycles. The van der Waals surface area contributed by atoms with Crippen LogP contribution in [-0.2, 0) is 25.7 Å². The number of carbonyl (C=O) groups is 2. The van der Waals surface area contributed by atoms with E-state index < -0.39 is 6.10 Å². The van der Waals surface area contributed by atoms with Crippen LogP contribution in [0.2, 0.25) is 0 Å². The van der Waals surface area contributed by atoms with Crippen molar-refractivity contribution in [1.29, 1.82) is 0 Å². The van der Waals surface area contributed by atoms with E-state index in [1.807, 2.05) is 26.0 Å². The maximum Gasteiger partial charge on any atom is 0.333 e. The number of rotatable bonds is 5. The largest absolute Gasteiger partial charge is 0.492 e. The van der Waals surface area contributed by atoms with Gasteiger partial charge in [0.25, 0.3) is 0 Å². The summed E-state index contributed by atoms with van der Waals surface area (Å²) in [5.41, 5.74) is 4.69. The van der Waals surface area contributed by atoms with Gasteiger partial charge in [0, 0.05) is 34.9 Å². The third-order valence-corrected chi connectivity index (χ3v) is 5.35. The maximum absolute atomic E-state index is 12.3. The zero-order valence-electron chi connectivity index (χ0n) is 17.6. The minimum Gasteiger partial charge on any atom is -0.492 e. The predicted octanol–water partition coefficient (Wildman–Crippen LogP) is 4.82. The van der Waals surface area contributed by atoms with E-state index in [0.29, 0.717) is 16.9 Å². The highest BCUT2D eigenvalue weighted by Crippen LogP contribution is 2.46. The van der Waals surface area contributed by atoms with E-state index in [4.69, 9.17) is 18.6 Å². The van der Waals surface area contributed by atoms with E-state index in [0.717, 1.165) is 27.6 Å². The van der Waals surface area contributed by atoms with Crippen LogP contribution in [0.1, 0.15) is 55.9 Å². The van der Waals surface area contributed by atoms with E-state index in [1.54, 1.807) is 33.3 Å². The Morgan fingerprint density at radius 2 is 2.00 bits per heavy atom. The molecule has 0 fully saturated rings. The molecule has 1 aromatic heterocycles. The Hall–Kier alpha value is -3.02. The summed E-state index contributed by atoms with van der Waals surface area (Å²) in [4.78, 5) is 23.8. The molecule has 1 aromatic carbocycles. The second-order valence-electron chi connectivity index (χ2n) is 7.23. The molecule has 3 rings (SSSR count). The minimum absolute atomic E-state index is 0.0815. The third kappa shape index (κ3) is 3.67. The van der Waals surface area contributed by atoms with Crippen LogP contribution in [0.5, 0.6) is 5.75 Å². The molecule has 0 bridgehead atoms. The molecule has 6 nitrogen and oxygen atoms in total. The lowest BCUT2D eigenvalue weighted by Gasteiger charge is -2.30. The number of hydrogen-bond acceptors (Lipinski definition) is 6. The van der Waals surface area contributed by atoms with Gasteiger partial charge in [-0.15, -0.1) is 0 Å². The molecular weight excluding hydrogens is 372 g/mol. The van der Waals surface area contributed by atoms with Gasteiger partial charge in [-0.05, 0) is 38.0 Å². The van der Waals surface area contributed by atoms with Gasteiger partial charge in [0.15, 0.2) is 11.3 Å². The van der Waals surface area contributed by atoms with Gasteiger partial charge in [0.2, 0.25) is 0 Å². The second-order valence-corrected chi connectivity index (χ2v) is 7.23. The molecule has 0 radical (unpaired) electrons. The number of fused-ring (bicyclic) bond motifs is 2. The second kappa shape index (κ2) is 8.15. The number of carbonyl (C=O) groups excluding carboxylic acids is 2. The van der Waals surface area contributed by atoms with Crippen molar-refractivity contribution in [3.8, 4) is 5.75 Å². The van der Waals surface area contributed by atoms with Crippen molar-refractivity contribution in [3.63, 3.8) is 0 Å². The summed E-state index contributed by atoms with van der Waals surface area (Å²) in [6.07, 6.45) is 6.69. The summed E-state index contributed by atoms with van der Waals surface area (Å²) in [5, 5.41) is 0.857. The van der Waals surface area contributed by atoms with Crippen molar-refractivity contribution in [2.45, 2.75) is 53.2 Å². The van der Waals surface area contributed by atoms with E-state index >= 15 is 0 Å². The monoisotopic (exact) mass is 398 g/mol. The van der Waals surface area contributed by atoms with Crippen LogP contribution >= 0.6 is 0 Å². The first kappa shape index (κ1) is 20.7. The Labute approximate surface area is 170 Å². The summed E-state index contributed by atoms with van der Waals surface area (Å²) < 4.78 is 22.5. The first-order chi connectivity index (χ1) is 13.8. The maximum atomic E-state index is 12.3. The molecule has 2 atom stereocenters. The van der Waals surface area contributed by atoms with Crippen LogP contribution in [-0.4, -0.2) is 25.2 Å². The van der Waals surface area contributed by atoms with Gasteiger partial charge in [0.05, 0.1) is 13.4 Å². The van der Waals surface area contributed by atoms with Crippen LogP contribution in [0, 0.1) is 6.92 Å². The van der Waals surface area contributed by atoms with Crippen LogP contribution in [0.4, 0.5) is 0 Å². The minimum atomic E-state index is -0.416. The zero-order chi connectivity index (χ0) is 21.3. The fourth-order valence-electron chi connectivity index (χ4n) is 3.79. The molecule has 1 aliphatic rings. The standard InChI is InChI=1S/C23H26O6/c1-7-12(2)23(25)28-11-17-19-13(3)10-27-22(19)21(26-6)16-8-9-18(29-15(5)24)14(4)20(16)17/h7-10,14,18H,11H2,1-6H3/b12-7-/t14-,18-/m0/s1. The molecule has 0 N–H and O–H groups in total. The predicted molar refractivity (Wildman–Crippen MR) is 110 cm³/mol. The normalized spacial score (nSPS) is 18.5. The quantitative estimate of drug-likeness (QED) is 0.531. The summed E-state index contributed by atoms with van der Waals surface area (Å²) in [6, 6.07) is 0. The van der Waals surface area contributed by atoms with E-state index in [2.05, 4.69) is 0 Å². The highest BCUT2D eigenvalue weighted by atomic mass is 16.5. The number of furan rings is 1. The molecule has 6 heteroatoms. The van der Waals surface area contributed by atoms with Crippen molar-refractivity contribution in [3.05, 3.63) is 46.2 Å². The van der Waals surface area contributed by atoms with Crippen molar-refractivity contribution in [2.24, 2.45) is 0 Å². The fraction of sp³-hybridized carbons (Fsp3) is 0.391. The first-order valence-corrected chi connectivity index (χ1v) is 9.56. The fourth-order valence-corrected chi connectivity index (χ4v) is 3.79. The molecule has 154 valence electrons. The molecule has 0 unspecified atom stereocenters. The first-order valence-electron chi connectivity index (χ1n) is 9.56. The number of esters is 2. The van der Waals surface area contributed by atoms with Crippen LogP contribution in [0.3, 0.4) is 0 Å². The van der Waals surface area contributed by atoms with Gasteiger partial charge in [-0.25, -0.2) is 4.79 Å². The number of ether oxygens (including phenoxy) is 3.